The van der Waals surface area contributed by atoms with Crippen LogP contribution >= 0.6 is 11.3 Å². The molecule has 1 fully saturated rings. The van der Waals surface area contributed by atoms with Crippen molar-refractivity contribution in [1.29, 1.82) is 0 Å². The summed E-state index contributed by atoms with van der Waals surface area (Å²) in [5.74, 6) is 1.67. The number of furan rings is 1. The summed E-state index contributed by atoms with van der Waals surface area (Å²) in [5, 5.41) is 15.0. The highest BCUT2D eigenvalue weighted by atomic mass is 32.1. The van der Waals surface area contributed by atoms with Gasteiger partial charge in [0.2, 0.25) is 10.8 Å². The number of rotatable bonds is 4. The Balaban J connectivity index is 1.72. The van der Waals surface area contributed by atoms with Gasteiger partial charge < -0.3 is 14.4 Å². The first-order valence-electron chi connectivity index (χ1n) is 8.22. The highest BCUT2D eigenvalue weighted by Gasteiger charge is 2.33. The number of thiazole rings is 1. The first kappa shape index (κ1) is 15.6. The molecule has 0 bridgehead atoms. The molecule has 3 aromatic rings. The molecule has 3 aromatic heterocycles. The van der Waals surface area contributed by atoms with Gasteiger partial charge in [0.1, 0.15) is 17.6 Å². The van der Waals surface area contributed by atoms with Crippen molar-refractivity contribution in [2.75, 3.05) is 32.7 Å². The fourth-order valence-electron chi connectivity index (χ4n) is 3.29. The fourth-order valence-corrected chi connectivity index (χ4v) is 4.43. The monoisotopic (exact) mass is 347 g/mol. The Morgan fingerprint density at radius 3 is 2.75 bits per heavy atom. The lowest BCUT2D eigenvalue weighted by Crippen LogP contribution is -2.47. The van der Waals surface area contributed by atoms with Crippen LogP contribution in [0.3, 0.4) is 0 Å². The summed E-state index contributed by atoms with van der Waals surface area (Å²) in [6, 6.07) is 3.76. The number of aromatic hydroxyl groups is 1. The van der Waals surface area contributed by atoms with Gasteiger partial charge in [0.15, 0.2) is 0 Å². The van der Waals surface area contributed by atoms with Gasteiger partial charge >= 0.3 is 0 Å². The minimum atomic E-state index is -0.104. The minimum absolute atomic E-state index is 0.104. The van der Waals surface area contributed by atoms with Gasteiger partial charge in [-0.15, -0.1) is 5.10 Å². The predicted octanol–water partition coefficient (Wildman–Crippen LogP) is 2.12. The van der Waals surface area contributed by atoms with Gasteiger partial charge in [-0.25, -0.2) is 4.98 Å². The SMILES string of the molecule is CCN1CCN([C@H](c2ccco2)c2sc3nc(C)nn3c2O)CC1. The number of piperazine rings is 1. The lowest BCUT2D eigenvalue weighted by Gasteiger charge is -2.37. The summed E-state index contributed by atoms with van der Waals surface area (Å²) in [5.41, 5.74) is 0. The van der Waals surface area contributed by atoms with Crippen LogP contribution in [0, 0.1) is 6.92 Å². The molecule has 1 N–H and O–H groups in total. The molecule has 1 saturated heterocycles. The predicted molar refractivity (Wildman–Crippen MR) is 91.5 cm³/mol. The van der Waals surface area contributed by atoms with Crippen LogP contribution in [0.4, 0.5) is 0 Å². The first-order chi connectivity index (χ1) is 11.7. The second kappa shape index (κ2) is 6.19. The van der Waals surface area contributed by atoms with E-state index in [0.717, 1.165) is 43.4 Å². The zero-order chi connectivity index (χ0) is 16.7. The molecular formula is C16H21N5O2S. The van der Waals surface area contributed by atoms with Crippen molar-refractivity contribution in [2.24, 2.45) is 0 Å². The van der Waals surface area contributed by atoms with Gasteiger partial charge in [0, 0.05) is 26.2 Å². The molecule has 4 heterocycles. The van der Waals surface area contributed by atoms with E-state index < -0.39 is 0 Å². The van der Waals surface area contributed by atoms with Crippen molar-refractivity contribution in [1.82, 2.24) is 24.4 Å². The molecule has 0 saturated carbocycles. The summed E-state index contributed by atoms with van der Waals surface area (Å²) in [6.45, 7) is 9.00. The zero-order valence-corrected chi connectivity index (χ0v) is 14.7. The van der Waals surface area contributed by atoms with Crippen LogP contribution in [0.25, 0.3) is 4.96 Å². The molecule has 0 spiro atoms. The van der Waals surface area contributed by atoms with E-state index in [0.29, 0.717) is 10.8 Å². The molecule has 1 aliphatic heterocycles. The zero-order valence-electron chi connectivity index (χ0n) is 13.8. The molecule has 7 nitrogen and oxygen atoms in total. The molecule has 128 valence electrons. The van der Waals surface area contributed by atoms with Crippen molar-refractivity contribution in [3.63, 3.8) is 0 Å². The van der Waals surface area contributed by atoms with E-state index in [9.17, 15) is 5.11 Å². The molecule has 1 atom stereocenters. The lowest BCUT2D eigenvalue weighted by atomic mass is 10.1. The van der Waals surface area contributed by atoms with E-state index in [1.807, 2.05) is 19.1 Å². The second-order valence-electron chi connectivity index (χ2n) is 6.03. The third-order valence-electron chi connectivity index (χ3n) is 4.59. The van der Waals surface area contributed by atoms with E-state index in [4.69, 9.17) is 4.42 Å². The normalized spacial score (nSPS) is 18.4. The molecule has 0 unspecified atom stereocenters. The Morgan fingerprint density at radius 2 is 2.12 bits per heavy atom. The maximum atomic E-state index is 10.7. The highest BCUT2D eigenvalue weighted by molar-refractivity contribution is 7.17. The van der Waals surface area contributed by atoms with Crippen molar-refractivity contribution >= 4 is 16.3 Å². The van der Waals surface area contributed by atoms with Gasteiger partial charge in [0.05, 0.1) is 11.1 Å². The Bertz CT molecular complexity index is 817. The number of aryl methyl sites for hydroxylation is 1. The van der Waals surface area contributed by atoms with Crippen molar-refractivity contribution in [3.05, 3.63) is 34.9 Å². The third-order valence-corrected chi connectivity index (χ3v) is 5.66. The average Bonchev–Trinajstić information content (AvgIpc) is 3.29. The Labute approximate surface area is 144 Å². The van der Waals surface area contributed by atoms with Crippen LogP contribution in [0.5, 0.6) is 5.88 Å². The van der Waals surface area contributed by atoms with Crippen LogP contribution in [0.1, 0.15) is 29.4 Å². The van der Waals surface area contributed by atoms with E-state index in [2.05, 4.69) is 26.8 Å². The molecule has 0 amide bonds. The van der Waals surface area contributed by atoms with Crippen LogP contribution in [0.2, 0.25) is 0 Å². The summed E-state index contributed by atoms with van der Waals surface area (Å²) in [4.78, 5) is 10.7. The van der Waals surface area contributed by atoms with Crippen LogP contribution in [0.15, 0.2) is 22.8 Å². The average molecular weight is 347 g/mol. The molecular weight excluding hydrogens is 326 g/mol. The summed E-state index contributed by atoms with van der Waals surface area (Å²) < 4.78 is 7.22. The van der Waals surface area contributed by atoms with E-state index >= 15 is 0 Å². The van der Waals surface area contributed by atoms with Crippen LogP contribution < -0.4 is 0 Å². The van der Waals surface area contributed by atoms with Gasteiger partial charge in [0.25, 0.3) is 0 Å². The molecule has 1 aliphatic rings. The Kier molecular flexibility index (Phi) is 4.03. The summed E-state index contributed by atoms with van der Waals surface area (Å²) in [6.07, 6.45) is 1.68. The molecule has 0 aromatic carbocycles. The first-order valence-corrected chi connectivity index (χ1v) is 9.04. The smallest absolute Gasteiger partial charge is 0.230 e. The Morgan fingerprint density at radius 1 is 1.33 bits per heavy atom. The number of hydrogen-bond acceptors (Lipinski definition) is 7. The van der Waals surface area contributed by atoms with Crippen LogP contribution in [-0.4, -0.2) is 62.2 Å². The maximum Gasteiger partial charge on any atom is 0.230 e. The lowest BCUT2D eigenvalue weighted by molar-refractivity contribution is 0.105. The molecule has 24 heavy (non-hydrogen) atoms. The van der Waals surface area contributed by atoms with Gasteiger partial charge in [-0.05, 0) is 25.6 Å². The largest absolute Gasteiger partial charge is 0.492 e. The second-order valence-corrected chi connectivity index (χ2v) is 7.04. The topological polar surface area (TPSA) is 70.0 Å². The van der Waals surface area contributed by atoms with Crippen molar-refractivity contribution in [3.8, 4) is 5.88 Å². The third kappa shape index (κ3) is 2.60. The van der Waals surface area contributed by atoms with E-state index in [1.54, 1.807) is 6.26 Å². The Hall–Kier alpha value is -1.90. The van der Waals surface area contributed by atoms with Gasteiger partial charge in [-0.3, -0.25) is 4.90 Å². The quantitative estimate of drug-likeness (QED) is 0.780. The number of likely N-dealkylation sites (N-methyl/N-ethyl adjacent to an activating group) is 1. The van der Waals surface area contributed by atoms with Gasteiger partial charge in [-0.1, -0.05) is 18.3 Å². The summed E-state index contributed by atoms with van der Waals surface area (Å²) >= 11 is 1.48. The maximum absolute atomic E-state index is 10.7. The molecule has 0 aliphatic carbocycles. The van der Waals surface area contributed by atoms with E-state index in [-0.39, 0.29) is 11.9 Å². The molecule has 0 radical (unpaired) electrons. The molecule has 4 rings (SSSR count). The van der Waals surface area contributed by atoms with Crippen molar-refractivity contribution < 1.29 is 9.52 Å². The standard InChI is InChI=1S/C16H21N5O2S/c1-3-19-6-8-20(9-7-19)13(12-5-4-10-23-12)14-15(22)21-16(24-14)17-11(2)18-21/h4-5,10,13,22H,3,6-9H2,1-2H3/t13-/m1/s1. The summed E-state index contributed by atoms with van der Waals surface area (Å²) in [7, 11) is 0. The van der Waals surface area contributed by atoms with Crippen molar-refractivity contribution in [2.45, 2.75) is 19.9 Å². The molecule has 8 heteroatoms. The number of hydrogen-bond donors (Lipinski definition) is 1. The highest BCUT2D eigenvalue weighted by Crippen LogP contribution is 2.40. The van der Waals surface area contributed by atoms with Gasteiger partial charge in [-0.2, -0.15) is 4.52 Å². The number of nitrogens with zero attached hydrogens (tertiary/aromatic N) is 5. The van der Waals surface area contributed by atoms with Crippen LogP contribution in [-0.2, 0) is 0 Å². The fraction of sp³-hybridized carbons (Fsp3) is 0.500. The number of aromatic nitrogens is 3. The van der Waals surface area contributed by atoms with E-state index in [1.165, 1.54) is 15.9 Å². The number of fused-ring (bicyclic) bond motifs is 1. The minimum Gasteiger partial charge on any atom is -0.492 e.